The lowest BCUT2D eigenvalue weighted by Crippen LogP contribution is -2.05. The van der Waals surface area contributed by atoms with Crippen LogP contribution < -0.4 is 5.73 Å². The first-order valence-corrected chi connectivity index (χ1v) is 5.18. The molecule has 0 aliphatic carbocycles. The minimum Gasteiger partial charge on any atom is -0.396 e. The number of hydrogen-bond acceptors (Lipinski definition) is 2. The van der Waals surface area contributed by atoms with E-state index in [9.17, 15) is 4.39 Å². The van der Waals surface area contributed by atoms with Crippen LogP contribution in [-0.2, 0) is 0 Å². The number of aromatic nitrogens is 2. The van der Waals surface area contributed by atoms with Crippen LogP contribution in [0.1, 0.15) is 19.9 Å². The van der Waals surface area contributed by atoms with Crippen molar-refractivity contribution in [1.82, 2.24) is 9.78 Å². The summed E-state index contributed by atoms with van der Waals surface area (Å²) in [6, 6.07) is 6.56. The molecule has 0 spiro atoms. The molecule has 84 valence electrons. The summed E-state index contributed by atoms with van der Waals surface area (Å²) in [5.74, 6) is -0.270. The van der Waals surface area contributed by atoms with E-state index < -0.39 is 0 Å². The topological polar surface area (TPSA) is 43.8 Å². The average Bonchev–Trinajstić information content (AvgIpc) is 2.60. The van der Waals surface area contributed by atoms with Gasteiger partial charge in [-0.3, -0.25) is 4.68 Å². The van der Waals surface area contributed by atoms with Gasteiger partial charge in [-0.05, 0) is 26.0 Å². The third-order valence-electron chi connectivity index (χ3n) is 2.41. The second kappa shape index (κ2) is 3.96. The fourth-order valence-corrected chi connectivity index (χ4v) is 1.70. The van der Waals surface area contributed by atoms with Gasteiger partial charge in [-0.2, -0.15) is 5.10 Å². The lowest BCUT2D eigenvalue weighted by atomic mass is 10.1. The van der Waals surface area contributed by atoms with Crippen molar-refractivity contribution in [2.24, 2.45) is 0 Å². The molecule has 0 bridgehead atoms. The summed E-state index contributed by atoms with van der Waals surface area (Å²) < 4.78 is 14.9. The van der Waals surface area contributed by atoms with Gasteiger partial charge >= 0.3 is 0 Å². The van der Waals surface area contributed by atoms with Gasteiger partial charge in [0.2, 0.25) is 0 Å². The Hall–Kier alpha value is -1.84. The number of rotatable bonds is 2. The molecule has 2 rings (SSSR count). The molecule has 4 heteroatoms. The highest BCUT2D eigenvalue weighted by atomic mass is 19.1. The van der Waals surface area contributed by atoms with Crippen molar-refractivity contribution in [3.63, 3.8) is 0 Å². The first kappa shape index (κ1) is 10.7. The van der Waals surface area contributed by atoms with Crippen LogP contribution in [0.3, 0.4) is 0 Å². The lowest BCUT2D eigenvalue weighted by molar-refractivity contribution is 0.538. The maximum absolute atomic E-state index is 13.2. The molecule has 0 amide bonds. The number of halogens is 1. The van der Waals surface area contributed by atoms with E-state index in [2.05, 4.69) is 5.10 Å². The fraction of sp³-hybridized carbons (Fsp3) is 0.250. The minimum atomic E-state index is -0.270. The Morgan fingerprint density at radius 2 is 2.12 bits per heavy atom. The van der Waals surface area contributed by atoms with Crippen LogP contribution in [0.5, 0.6) is 0 Å². The monoisotopic (exact) mass is 219 g/mol. The second-order valence-electron chi connectivity index (χ2n) is 4.00. The number of nitrogens with zero attached hydrogens (tertiary/aromatic N) is 2. The van der Waals surface area contributed by atoms with Gasteiger partial charge in [0, 0.05) is 11.6 Å². The molecule has 2 N–H and O–H groups in total. The Bertz CT molecular complexity index is 503. The number of anilines is 1. The normalized spacial score (nSPS) is 11.0. The van der Waals surface area contributed by atoms with Crippen molar-refractivity contribution < 1.29 is 4.39 Å². The summed E-state index contributed by atoms with van der Waals surface area (Å²) in [6.07, 6.45) is 1.60. The highest BCUT2D eigenvalue weighted by Crippen LogP contribution is 2.28. The van der Waals surface area contributed by atoms with Crippen molar-refractivity contribution in [3.05, 3.63) is 36.3 Å². The Morgan fingerprint density at radius 3 is 2.75 bits per heavy atom. The molecule has 0 unspecified atom stereocenters. The highest BCUT2D eigenvalue weighted by molar-refractivity contribution is 5.72. The van der Waals surface area contributed by atoms with Gasteiger partial charge in [-0.1, -0.05) is 12.1 Å². The Morgan fingerprint density at radius 1 is 1.38 bits per heavy atom. The molecule has 1 aromatic carbocycles. The van der Waals surface area contributed by atoms with Crippen LogP contribution in [0.25, 0.3) is 11.3 Å². The Labute approximate surface area is 93.7 Å². The number of nitrogen functional groups attached to an aromatic ring is 1. The first-order chi connectivity index (χ1) is 7.59. The van der Waals surface area contributed by atoms with Crippen LogP contribution in [0.4, 0.5) is 10.1 Å². The summed E-state index contributed by atoms with van der Waals surface area (Å²) in [4.78, 5) is 0. The van der Waals surface area contributed by atoms with E-state index in [4.69, 9.17) is 5.73 Å². The van der Waals surface area contributed by atoms with Crippen LogP contribution in [-0.4, -0.2) is 9.78 Å². The highest BCUT2D eigenvalue weighted by Gasteiger charge is 2.13. The fourth-order valence-electron chi connectivity index (χ4n) is 1.70. The zero-order valence-corrected chi connectivity index (χ0v) is 9.31. The number of nitrogens with two attached hydrogens (primary N) is 1. The maximum Gasteiger partial charge on any atom is 0.123 e. The third-order valence-corrected chi connectivity index (χ3v) is 2.41. The zero-order valence-electron chi connectivity index (χ0n) is 9.31. The first-order valence-electron chi connectivity index (χ1n) is 5.18. The molecule has 2 aromatic rings. The molecule has 0 atom stereocenters. The van der Waals surface area contributed by atoms with Gasteiger partial charge in [0.05, 0.1) is 17.6 Å². The molecule has 1 heterocycles. The van der Waals surface area contributed by atoms with Crippen molar-refractivity contribution in [2.75, 3.05) is 5.73 Å². The molecule has 0 aliphatic rings. The van der Waals surface area contributed by atoms with Crippen molar-refractivity contribution in [3.8, 4) is 11.3 Å². The van der Waals surface area contributed by atoms with Gasteiger partial charge in [0.25, 0.3) is 0 Å². The minimum absolute atomic E-state index is 0.190. The van der Waals surface area contributed by atoms with E-state index in [0.717, 1.165) is 11.3 Å². The molecule has 0 aliphatic heterocycles. The van der Waals surface area contributed by atoms with Crippen molar-refractivity contribution >= 4 is 5.69 Å². The summed E-state index contributed by atoms with van der Waals surface area (Å²) >= 11 is 0. The average molecular weight is 219 g/mol. The van der Waals surface area contributed by atoms with Gasteiger partial charge in [-0.25, -0.2) is 4.39 Å². The summed E-state index contributed by atoms with van der Waals surface area (Å²) in [6.45, 7) is 4.02. The van der Waals surface area contributed by atoms with E-state index in [1.54, 1.807) is 16.9 Å². The quantitative estimate of drug-likeness (QED) is 0.844. The van der Waals surface area contributed by atoms with Crippen LogP contribution in [0.15, 0.2) is 30.5 Å². The van der Waals surface area contributed by atoms with Gasteiger partial charge in [0.15, 0.2) is 0 Å². The van der Waals surface area contributed by atoms with Gasteiger partial charge in [-0.15, -0.1) is 0 Å². The molecule has 0 saturated heterocycles. The third kappa shape index (κ3) is 1.78. The van der Waals surface area contributed by atoms with Gasteiger partial charge in [0.1, 0.15) is 5.82 Å². The molecule has 0 saturated carbocycles. The Balaban J connectivity index is 2.59. The SMILES string of the molecule is CC(C)n1ncc(N)c1-c1cccc(F)c1. The van der Waals surface area contributed by atoms with Crippen LogP contribution in [0, 0.1) is 5.82 Å². The second-order valence-corrected chi connectivity index (χ2v) is 4.00. The van der Waals surface area contributed by atoms with E-state index in [0.29, 0.717) is 5.69 Å². The molecule has 16 heavy (non-hydrogen) atoms. The molecule has 0 fully saturated rings. The summed E-state index contributed by atoms with van der Waals surface area (Å²) in [5, 5.41) is 4.19. The standard InChI is InChI=1S/C12H14FN3/c1-8(2)16-12(11(14)7-15-16)9-4-3-5-10(13)6-9/h3-8H,14H2,1-2H3. The summed E-state index contributed by atoms with van der Waals surface area (Å²) in [5.41, 5.74) is 7.95. The molecular formula is C12H14FN3. The van der Waals surface area contributed by atoms with Crippen LogP contribution >= 0.6 is 0 Å². The largest absolute Gasteiger partial charge is 0.396 e. The maximum atomic E-state index is 13.2. The molecular weight excluding hydrogens is 205 g/mol. The number of benzene rings is 1. The lowest BCUT2D eigenvalue weighted by Gasteiger charge is -2.11. The van der Waals surface area contributed by atoms with Gasteiger partial charge < -0.3 is 5.73 Å². The predicted molar refractivity (Wildman–Crippen MR) is 62.4 cm³/mol. The zero-order chi connectivity index (χ0) is 11.7. The molecule has 3 nitrogen and oxygen atoms in total. The smallest absolute Gasteiger partial charge is 0.123 e. The van der Waals surface area contributed by atoms with E-state index in [1.165, 1.54) is 12.1 Å². The summed E-state index contributed by atoms with van der Waals surface area (Å²) in [7, 11) is 0. The van der Waals surface area contributed by atoms with E-state index in [1.807, 2.05) is 19.9 Å². The number of hydrogen-bond donors (Lipinski definition) is 1. The molecule has 1 aromatic heterocycles. The van der Waals surface area contributed by atoms with E-state index in [-0.39, 0.29) is 11.9 Å². The van der Waals surface area contributed by atoms with Crippen molar-refractivity contribution in [1.29, 1.82) is 0 Å². The predicted octanol–water partition coefficient (Wildman–Crippen LogP) is 2.85. The van der Waals surface area contributed by atoms with Crippen LogP contribution in [0.2, 0.25) is 0 Å². The Kier molecular flexibility index (Phi) is 2.64. The van der Waals surface area contributed by atoms with Crippen molar-refractivity contribution in [2.45, 2.75) is 19.9 Å². The van der Waals surface area contributed by atoms with E-state index >= 15 is 0 Å². The molecule has 0 radical (unpaired) electrons.